The van der Waals surface area contributed by atoms with E-state index >= 15 is 0 Å². The second-order valence-corrected chi connectivity index (χ2v) is 8.27. The Balaban J connectivity index is 2.08. The standard InChI is InChI=1S/C23H40N4O3/c1-7-24-22(26-17-23(11-8-12-23)13-14-28-4)25-16-19(27(2)3)18-9-10-20(29-5)21(15-18)30-6/h9-10,15,19H,7-8,11-14,16-17H2,1-6H3,(H2,24,25,26). The maximum Gasteiger partial charge on any atom is 0.191 e. The molecule has 1 aromatic carbocycles. The van der Waals surface area contributed by atoms with E-state index in [9.17, 15) is 0 Å². The highest BCUT2D eigenvalue weighted by molar-refractivity contribution is 5.79. The predicted octanol–water partition coefficient (Wildman–Crippen LogP) is 3.07. The quantitative estimate of drug-likeness (QED) is 0.400. The zero-order chi connectivity index (χ0) is 22.0. The van der Waals surface area contributed by atoms with Crippen LogP contribution in [-0.2, 0) is 4.74 Å². The fraction of sp³-hybridized carbons (Fsp3) is 0.696. The molecule has 1 atom stereocenters. The van der Waals surface area contributed by atoms with Crippen molar-refractivity contribution in [3.63, 3.8) is 0 Å². The van der Waals surface area contributed by atoms with E-state index in [0.29, 0.717) is 5.41 Å². The summed E-state index contributed by atoms with van der Waals surface area (Å²) in [5.74, 6) is 2.35. The van der Waals surface area contributed by atoms with Gasteiger partial charge in [-0.15, -0.1) is 0 Å². The Morgan fingerprint density at radius 1 is 1.13 bits per heavy atom. The van der Waals surface area contributed by atoms with Crippen molar-refractivity contribution in [1.29, 1.82) is 0 Å². The van der Waals surface area contributed by atoms with Gasteiger partial charge < -0.3 is 29.7 Å². The van der Waals surface area contributed by atoms with Crippen molar-refractivity contribution in [2.24, 2.45) is 10.4 Å². The molecule has 7 nitrogen and oxygen atoms in total. The Kier molecular flexibility index (Phi) is 9.72. The summed E-state index contributed by atoms with van der Waals surface area (Å²) in [6.45, 7) is 5.31. The van der Waals surface area contributed by atoms with Gasteiger partial charge in [0.25, 0.3) is 0 Å². The van der Waals surface area contributed by atoms with Gasteiger partial charge in [0.05, 0.1) is 20.3 Å². The molecule has 1 aliphatic rings. The molecule has 1 aliphatic carbocycles. The molecule has 1 fully saturated rings. The molecule has 0 aliphatic heterocycles. The summed E-state index contributed by atoms with van der Waals surface area (Å²) in [6, 6.07) is 6.26. The van der Waals surface area contributed by atoms with E-state index in [1.54, 1.807) is 21.3 Å². The van der Waals surface area contributed by atoms with Gasteiger partial charge in [0.2, 0.25) is 0 Å². The molecule has 170 valence electrons. The average Bonchev–Trinajstić information content (AvgIpc) is 2.72. The highest BCUT2D eigenvalue weighted by atomic mass is 16.5. The molecule has 0 saturated heterocycles. The van der Waals surface area contributed by atoms with Crippen LogP contribution in [-0.4, -0.2) is 72.5 Å². The fourth-order valence-electron chi connectivity index (χ4n) is 3.92. The largest absolute Gasteiger partial charge is 0.493 e. The summed E-state index contributed by atoms with van der Waals surface area (Å²) in [6.07, 6.45) is 4.86. The minimum absolute atomic E-state index is 0.166. The minimum Gasteiger partial charge on any atom is -0.493 e. The van der Waals surface area contributed by atoms with Gasteiger partial charge in [0.1, 0.15) is 0 Å². The summed E-state index contributed by atoms with van der Waals surface area (Å²) in [4.78, 5) is 7.12. The third kappa shape index (κ3) is 6.51. The van der Waals surface area contributed by atoms with Gasteiger partial charge in [-0.1, -0.05) is 12.5 Å². The maximum atomic E-state index is 5.49. The zero-order valence-electron chi connectivity index (χ0n) is 19.6. The van der Waals surface area contributed by atoms with Gasteiger partial charge >= 0.3 is 0 Å². The lowest BCUT2D eigenvalue weighted by Crippen LogP contribution is -2.43. The monoisotopic (exact) mass is 420 g/mol. The zero-order valence-corrected chi connectivity index (χ0v) is 19.6. The van der Waals surface area contributed by atoms with Crippen molar-refractivity contribution in [1.82, 2.24) is 15.5 Å². The third-order valence-corrected chi connectivity index (χ3v) is 6.05. The molecule has 0 amide bonds. The van der Waals surface area contributed by atoms with Crippen molar-refractivity contribution in [3.05, 3.63) is 23.8 Å². The first-order valence-corrected chi connectivity index (χ1v) is 10.9. The number of hydrogen-bond donors (Lipinski definition) is 2. The van der Waals surface area contributed by atoms with E-state index < -0.39 is 0 Å². The van der Waals surface area contributed by atoms with Gasteiger partial charge in [-0.2, -0.15) is 0 Å². The number of ether oxygens (including phenoxy) is 3. The van der Waals surface area contributed by atoms with Crippen LogP contribution in [0.4, 0.5) is 0 Å². The summed E-state index contributed by atoms with van der Waals surface area (Å²) in [5.41, 5.74) is 1.47. The number of nitrogens with zero attached hydrogens (tertiary/aromatic N) is 2. The van der Waals surface area contributed by atoms with Crippen LogP contribution in [0.3, 0.4) is 0 Å². The van der Waals surface area contributed by atoms with E-state index in [-0.39, 0.29) is 6.04 Å². The Morgan fingerprint density at radius 3 is 2.40 bits per heavy atom. The van der Waals surface area contributed by atoms with Crippen LogP contribution in [0.1, 0.15) is 44.2 Å². The van der Waals surface area contributed by atoms with Crippen LogP contribution in [0.2, 0.25) is 0 Å². The van der Waals surface area contributed by atoms with E-state index in [0.717, 1.165) is 55.7 Å². The molecule has 7 heteroatoms. The molecule has 0 spiro atoms. The summed E-state index contributed by atoms with van der Waals surface area (Å²) >= 11 is 0. The lowest BCUT2D eigenvalue weighted by atomic mass is 9.67. The van der Waals surface area contributed by atoms with E-state index in [2.05, 4.69) is 42.6 Å². The molecule has 1 aromatic rings. The average molecular weight is 421 g/mol. The van der Waals surface area contributed by atoms with Crippen molar-refractivity contribution >= 4 is 5.96 Å². The SMILES string of the molecule is CCNC(=NCC1(CCOC)CCC1)NCC(c1ccc(OC)c(OC)c1)N(C)C. The Labute approximate surface area is 182 Å². The number of guanidine groups is 1. The van der Waals surface area contributed by atoms with E-state index in [1.165, 1.54) is 19.3 Å². The topological polar surface area (TPSA) is 67.4 Å². The molecular formula is C23H40N4O3. The van der Waals surface area contributed by atoms with Gasteiger partial charge in [-0.05, 0) is 63.4 Å². The second kappa shape index (κ2) is 12.0. The third-order valence-electron chi connectivity index (χ3n) is 6.05. The highest BCUT2D eigenvalue weighted by Gasteiger charge is 2.36. The first-order chi connectivity index (χ1) is 14.5. The molecular weight excluding hydrogens is 380 g/mol. The molecule has 0 radical (unpaired) electrons. The summed E-state index contributed by atoms with van der Waals surface area (Å²) < 4.78 is 16.2. The molecule has 1 saturated carbocycles. The molecule has 1 unspecified atom stereocenters. The van der Waals surface area contributed by atoms with Crippen molar-refractivity contribution < 1.29 is 14.2 Å². The Morgan fingerprint density at radius 2 is 1.87 bits per heavy atom. The van der Waals surface area contributed by atoms with Crippen LogP contribution in [0.15, 0.2) is 23.2 Å². The number of nitrogens with one attached hydrogen (secondary N) is 2. The lowest BCUT2D eigenvalue weighted by Gasteiger charge is -2.40. The molecule has 0 bridgehead atoms. The van der Waals surface area contributed by atoms with E-state index in [4.69, 9.17) is 19.2 Å². The number of likely N-dealkylation sites (N-methyl/N-ethyl adjacent to an activating group) is 1. The van der Waals surface area contributed by atoms with Crippen LogP contribution in [0.25, 0.3) is 0 Å². The van der Waals surface area contributed by atoms with E-state index in [1.807, 2.05) is 12.1 Å². The number of rotatable bonds is 12. The molecule has 0 heterocycles. The first-order valence-electron chi connectivity index (χ1n) is 10.9. The number of methoxy groups -OCH3 is 3. The van der Waals surface area contributed by atoms with Crippen molar-refractivity contribution in [2.75, 3.05) is 61.7 Å². The van der Waals surface area contributed by atoms with Gasteiger partial charge in [-0.3, -0.25) is 4.99 Å². The van der Waals surface area contributed by atoms with Crippen molar-refractivity contribution in [3.8, 4) is 11.5 Å². The fourth-order valence-corrected chi connectivity index (χ4v) is 3.92. The van der Waals surface area contributed by atoms with Crippen LogP contribution < -0.4 is 20.1 Å². The first kappa shape index (κ1) is 24.3. The smallest absolute Gasteiger partial charge is 0.191 e. The number of aliphatic imine (C=N–C) groups is 1. The minimum atomic E-state index is 0.166. The summed E-state index contributed by atoms with van der Waals surface area (Å²) in [7, 11) is 9.27. The highest BCUT2D eigenvalue weighted by Crippen LogP contribution is 2.44. The molecule has 2 N–H and O–H groups in total. The Bertz CT molecular complexity index is 674. The van der Waals surface area contributed by atoms with Crippen molar-refractivity contribution in [2.45, 2.75) is 38.6 Å². The predicted molar refractivity (Wildman–Crippen MR) is 123 cm³/mol. The van der Waals surface area contributed by atoms with Crippen LogP contribution in [0.5, 0.6) is 11.5 Å². The number of hydrogen-bond acceptors (Lipinski definition) is 5. The second-order valence-electron chi connectivity index (χ2n) is 8.27. The van der Waals surface area contributed by atoms with Gasteiger partial charge in [-0.25, -0.2) is 0 Å². The molecule has 0 aromatic heterocycles. The molecule has 30 heavy (non-hydrogen) atoms. The van der Waals surface area contributed by atoms with Gasteiger partial charge in [0.15, 0.2) is 17.5 Å². The van der Waals surface area contributed by atoms with Gasteiger partial charge in [0, 0.05) is 33.4 Å². The normalized spacial score (nSPS) is 16.7. The van der Waals surface area contributed by atoms with Crippen LogP contribution in [0, 0.1) is 5.41 Å². The van der Waals surface area contributed by atoms with Crippen LogP contribution >= 0.6 is 0 Å². The number of benzene rings is 1. The molecule has 2 rings (SSSR count). The maximum absolute atomic E-state index is 5.49. The summed E-state index contributed by atoms with van der Waals surface area (Å²) in [5, 5.41) is 6.93. The lowest BCUT2D eigenvalue weighted by molar-refractivity contribution is 0.0778. The Hall–Kier alpha value is -1.99.